The monoisotopic (exact) mass is 271 g/mol. The van der Waals surface area contributed by atoms with E-state index < -0.39 is 0 Å². The average Bonchev–Trinajstić information content (AvgIpc) is 2.39. The number of aliphatic hydroxyl groups excluding tert-OH is 1. The molecule has 1 aliphatic rings. The van der Waals surface area contributed by atoms with Crippen LogP contribution in [0.25, 0.3) is 0 Å². The van der Waals surface area contributed by atoms with E-state index in [1.807, 2.05) is 6.92 Å². The van der Waals surface area contributed by atoms with Gasteiger partial charge in [0.05, 0.1) is 12.3 Å². The van der Waals surface area contributed by atoms with Gasteiger partial charge in [0.15, 0.2) is 0 Å². The van der Waals surface area contributed by atoms with Gasteiger partial charge in [0.2, 0.25) is 11.8 Å². The average molecular weight is 271 g/mol. The van der Waals surface area contributed by atoms with E-state index in [-0.39, 0.29) is 24.3 Å². The zero-order valence-corrected chi connectivity index (χ0v) is 11.4. The zero-order valence-electron chi connectivity index (χ0n) is 11.4. The molecule has 1 aliphatic heterocycles. The molecule has 0 aliphatic carbocycles. The fourth-order valence-corrected chi connectivity index (χ4v) is 2.19. The molecule has 0 aromatic heterocycles. The predicted molar refractivity (Wildman–Crippen MR) is 75.9 cm³/mol. The number of anilines is 1. The number of hydrogen-bond donors (Lipinski definition) is 1. The van der Waals surface area contributed by atoms with Crippen LogP contribution in [0.5, 0.6) is 0 Å². The Hall–Kier alpha value is -2.12. The smallest absolute Gasteiger partial charge is 0.234 e. The Morgan fingerprint density at radius 1 is 1.20 bits per heavy atom. The number of hydrogen-bond acceptors (Lipinski definition) is 3. The van der Waals surface area contributed by atoms with Crippen LogP contribution in [0.2, 0.25) is 0 Å². The van der Waals surface area contributed by atoms with E-state index in [1.165, 1.54) is 4.90 Å². The standard InChI is InChI=1S/C16H17NO3/c1-12-10-15(19)17(16(20)11-12)14-7-5-13(6-8-14)4-2-3-9-18/h5-8,12,18H,3,9-11H2,1H3. The maximum atomic E-state index is 12.0. The number of rotatable bonds is 2. The van der Waals surface area contributed by atoms with Crippen LogP contribution in [0.15, 0.2) is 24.3 Å². The molecule has 104 valence electrons. The summed E-state index contributed by atoms with van der Waals surface area (Å²) in [5.74, 6) is 5.56. The third-order valence-electron chi connectivity index (χ3n) is 3.14. The van der Waals surface area contributed by atoms with Crippen molar-refractivity contribution in [3.05, 3.63) is 29.8 Å². The minimum Gasteiger partial charge on any atom is -0.395 e. The van der Waals surface area contributed by atoms with Gasteiger partial charge in [0.25, 0.3) is 0 Å². The van der Waals surface area contributed by atoms with E-state index in [1.54, 1.807) is 24.3 Å². The van der Waals surface area contributed by atoms with Crippen LogP contribution in [0.3, 0.4) is 0 Å². The molecular weight excluding hydrogens is 254 g/mol. The van der Waals surface area contributed by atoms with Crippen molar-refractivity contribution in [3.8, 4) is 11.8 Å². The second-order valence-corrected chi connectivity index (χ2v) is 4.96. The summed E-state index contributed by atoms with van der Waals surface area (Å²) in [4.78, 5) is 25.2. The first-order valence-corrected chi connectivity index (χ1v) is 6.67. The van der Waals surface area contributed by atoms with Crippen LogP contribution in [0.4, 0.5) is 5.69 Å². The first-order valence-electron chi connectivity index (χ1n) is 6.67. The number of imide groups is 1. The van der Waals surface area contributed by atoms with Gasteiger partial charge >= 0.3 is 0 Å². The van der Waals surface area contributed by atoms with E-state index in [4.69, 9.17) is 5.11 Å². The maximum absolute atomic E-state index is 12.0. The molecule has 0 radical (unpaired) electrons. The van der Waals surface area contributed by atoms with Gasteiger partial charge in [-0.2, -0.15) is 0 Å². The summed E-state index contributed by atoms with van der Waals surface area (Å²) in [6.07, 6.45) is 1.25. The molecule has 2 rings (SSSR count). The minimum atomic E-state index is -0.145. The molecule has 1 aromatic rings. The maximum Gasteiger partial charge on any atom is 0.234 e. The largest absolute Gasteiger partial charge is 0.395 e. The SMILES string of the molecule is CC1CC(=O)N(c2ccc(C#CCCO)cc2)C(=O)C1. The van der Waals surface area contributed by atoms with Gasteiger partial charge in [0.1, 0.15) is 0 Å². The normalized spacial score (nSPS) is 16.0. The molecule has 0 bridgehead atoms. The molecule has 4 heteroatoms. The van der Waals surface area contributed by atoms with E-state index in [2.05, 4.69) is 11.8 Å². The number of carbonyl (C=O) groups excluding carboxylic acids is 2. The number of carbonyl (C=O) groups is 2. The third-order valence-corrected chi connectivity index (χ3v) is 3.14. The molecular formula is C16H17NO3. The lowest BCUT2D eigenvalue weighted by atomic mass is 9.97. The Balaban J connectivity index is 2.16. The van der Waals surface area contributed by atoms with Crippen molar-refractivity contribution in [2.75, 3.05) is 11.5 Å². The lowest BCUT2D eigenvalue weighted by Gasteiger charge is -2.28. The molecule has 2 amide bonds. The summed E-state index contributed by atoms with van der Waals surface area (Å²) in [6.45, 7) is 1.95. The number of benzene rings is 1. The lowest BCUT2D eigenvalue weighted by molar-refractivity contribution is -0.130. The summed E-state index contributed by atoms with van der Waals surface area (Å²) < 4.78 is 0. The van der Waals surface area contributed by atoms with Crippen molar-refractivity contribution in [1.82, 2.24) is 0 Å². The van der Waals surface area contributed by atoms with Gasteiger partial charge in [-0.15, -0.1) is 0 Å². The molecule has 1 saturated heterocycles. The van der Waals surface area contributed by atoms with Gasteiger partial charge in [-0.1, -0.05) is 18.8 Å². The Bertz CT molecular complexity index is 548. The Labute approximate surface area is 118 Å². The van der Waals surface area contributed by atoms with E-state index in [0.717, 1.165) is 5.56 Å². The molecule has 1 heterocycles. The Morgan fingerprint density at radius 2 is 1.80 bits per heavy atom. The summed E-state index contributed by atoms with van der Waals surface area (Å²) in [7, 11) is 0. The minimum absolute atomic E-state index is 0.0417. The summed E-state index contributed by atoms with van der Waals surface area (Å²) in [5, 5.41) is 8.65. The third kappa shape index (κ3) is 3.25. The van der Waals surface area contributed by atoms with Crippen LogP contribution >= 0.6 is 0 Å². The fraction of sp³-hybridized carbons (Fsp3) is 0.375. The zero-order chi connectivity index (χ0) is 14.5. The molecule has 4 nitrogen and oxygen atoms in total. The highest BCUT2D eigenvalue weighted by Gasteiger charge is 2.31. The molecule has 1 N–H and O–H groups in total. The summed E-state index contributed by atoms with van der Waals surface area (Å²) in [5.41, 5.74) is 1.40. The van der Waals surface area contributed by atoms with Crippen LogP contribution in [0, 0.1) is 17.8 Å². The van der Waals surface area contributed by atoms with Gasteiger partial charge < -0.3 is 5.11 Å². The number of aliphatic hydroxyl groups is 1. The van der Waals surface area contributed by atoms with Crippen LogP contribution in [-0.4, -0.2) is 23.5 Å². The highest BCUT2D eigenvalue weighted by Crippen LogP contribution is 2.25. The highest BCUT2D eigenvalue weighted by molar-refractivity contribution is 6.16. The van der Waals surface area contributed by atoms with Gasteiger partial charge in [-0.05, 0) is 30.2 Å². The van der Waals surface area contributed by atoms with Crippen LogP contribution in [-0.2, 0) is 9.59 Å². The van der Waals surface area contributed by atoms with Gasteiger partial charge in [-0.3, -0.25) is 14.5 Å². The summed E-state index contributed by atoms with van der Waals surface area (Å²) in [6, 6.07) is 7.01. The summed E-state index contributed by atoms with van der Waals surface area (Å²) >= 11 is 0. The van der Waals surface area contributed by atoms with Crippen molar-refractivity contribution >= 4 is 17.5 Å². The van der Waals surface area contributed by atoms with Crippen molar-refractivity contribution in [3.63, 3.8) is 0 Å². The number of piperidine rings is 1. The number of nitrogens with zero attached hydrogens (tertiary/aromatic N) is 1. The second kappa shape index (κ2) is 6.36. The molecule has 0 atom stereocenters. The topological polar surface area (TPSA) is 57.6 Å². The predicted octanol–water partition coefficient (Wildman–Crippen LogP) is 1.71. The van der Waals surface area contributed by atoms with Crippen molar-refractivity contribution in [2.45, 2.75) is 26.2 Å². The highest BCUT2D eigenvalue weighted by atomic mass is 16.2. The number of amides is 2. The fourth-order valence-electron chi connectivity index (χ4n) is 2.19. The second-order valence-electron chi connectivity index (χ2n) is 4.96. The lowest BCUT2D eigenvalue weighted by Crippen LogP contribution is -2.42. The van der Waals surface area contributed by atoms with Gasteiger partial charge in [-0.25, -0.2) is 0 Å². The van der Waals surface area contributed by atoms with Gasteiger partial charge in [0, 0.05) is 24.8 Å². The van der Waals surface area contributed by atoms with Crippen LogP contribution < -0.4 is 4.90 Å². The molecule has 0 spiro atoms. The molecule has 1 fully saturated rings. The van der Waals surface area contributed by atoms with E-state index in [9.17, 15) is 9.59 Å². The van der Waals surface area contributed by atoms with Crippen molar-refractivity contribution in [1.29, 1.82) is 0 Å². The van der Waals surface area contributed by atoms with Crippen LogP contribution in [0.1, 0.15) is 31.7 Å². The van der Waals surface area contributed by atoms with Crippen molar-refractivity contribution in [2.24, 2.45) is 5.92 Å². The molecule has 0 saturated carbocycles. The quantitative estimate of drug-likeness (QED) is 0.658. The Kier molecular flexibility index (Phi) is 4.54. The van der Waals surface area contributed by atoms with Crippen molar-refractivity contribution < 1.29 is 14.7 Å². The molecule has 20 heavy (non-hydrogen) atoms. The van der Waals surface area contributed by atoms with E-state index >= 15 is 0 Å². The first kappa shape index (κ1) is 14.3. The molecule has 0 unspecified atom stereocenters. The molecule has 1 aromatic carbocycles. The Morgan fingerprint density at radius 3 is 2.35 bits per heavy atom. The van der Waals surface area contributed by atoms with E-state index in [0.29, 0.717) is 24.9 Å². The first-order chi connectivity index (χ1) is 9.61.